The third kappa shape index (κ3) is 4.21. The maximum absolute atomic E-state index is 13.7. The summed E-state index contributed by atoms with van der Waals surface area (Å²) in [5.74, 6) is -2.68. The zero-order chi connectivity index (χ0) is 28.0. The molecule has 9 nitrogen and oxygen atoms in total. The highest BCUT2D eigenvalue weighted by Crippen LogP contribution is 2.55. The van der Waals surface area contributed by atoms with E-state index in [0.29, 0.717) is 18.4 Å². The van der Waals surface area contributed by atoms with E-state index in [1.807, 2.05) is 0 Å². The number of benzene rings is 2. The number of fused-ring (bicyclic) bond motifs is 3. The molecular weight excluding hydrogens is 537 g/mol. The number of ether oxygens (including phenoxy) is 5. The Balaban J connectivity index is 1.31. The molecule has 0 unspecified atom stereocenters. The number of alkyl halides is 5. The van der Waals surface area contributed by atoms with Gasteiger partial charge in [-0.3, -0.25) is 9.59 Å². The zero-order valence-corrected chi connectivity index (χ0v) is 20.1. The second kappa shape index (κ2) is 8.02. The molecule has 4 aliphatic rings. The molecule has 1 aliphatic carbocycles. The second-order valence-electron chi connectivity index (χ2n) is 10.2. The summed E-state index contributed by atoms with van der Waals surface area (Å²) in [6.45, 7) is 1.39. The average Bonchev–Trinajstić information content (AvgIpc) is 3.50. The van der Waals surface area contributed by atoms with Gasteiger partial charge in [0.15, 0.2) is 11.5 Å². The molecule has 1 amide bonds. The van der Waals surface area contributed by atoms with Crippen LogP contribution in [-0.2, 0) is 15.0 Å². The zero-order valence-electron chi connectivity index (χ0n) is 20.1. The lowest BCUT2D eigenvalue weighted by Crippen LogP contribution is -2.48. The van der Waals surface area contributed by atoms with Crippen molar-refractivity contribution in [3.8, 4) is 28.7 Å². The van der Waals surface area contributed by atoms with Crippen molar-refractivity contribution in [2.75, 3.05) is 6.61 Å². The Morgan fingerprint density at radius 3 is 2.38 bits per heavy atom. The van der Waals surface area contributed by atoms with Crippen molar-refractivity contribution in [1.82, 2.24) is 5.32 Å². The summed E-state index contributed by atoms with van der Waals surface area (Å²) >= 11 is 0. The van der Waals surface area contributed by atoms with Crippen molar-refractivity contribution in [2.45, 2.75) is 56.4 Å². The Labute approximate surface area is 216 Å². The van der Waals surface area contributed by atoms with Gasteiger partial charge in [0.25, 0.3) is 0 Å². The number of carboxylic acid groups (broad SMARTS) is 1. The highest BCUT2D eigenvalue weighted by molar-refractivity contribution is 5.90. The first kappa shape index (κ1) is 25.3. The Morgan fingerprint density at radius 2 is 1.74 bits per heavy atom. The summed E-state index contributed by atoms with van der Waals surface area (Å²) in [7, 11) is 0. The van der Waals surface area contributed by atoms with Crippen LogP contribution in [0.15, 0.2) is 30.3 Å². The van der Waals surface area contributed by atoms with Gasteiger partial charge in [-0.05, 0) is 38.0 Å². The van der Waals surface area contributed by atoms with Gasteiger partial charge in [-0.1, -0.05) is 0 Å². The molecule has 3 heterocycles. The van der Waals surface area contributed by atoms with Gasteiger partial charge in [0, 0.05) is 29.7 Å². The normalized spacial score (nSPS) is 26.9. The van der Waals surface area contributed by atoms with Crippen LogP contribution in [-0.4, -0.2) is 42.4 Å². The van der Waals surface area contributed by atoms with Gasteiger partial charge in [-0.15, -0.1) is 22.0 Å². The molecule has 2 aromatic rings. The lowest BCUT2D eigenvalue weighted by Gasteiger charge is -2.37. The number of nitrogens with one attached hydrogen (secondary N) is 1. The third-order valence-corrected chi connectivity index (χ3v) is 7.56. The highest BCUT2D eigenvalue weighted by atomic mass is 19.4. The van der Waals surface area contributed by atoms with Crippen molar-refractivity contribution in [2.24, 2.45) is 5.41 Å². The van der Waals surface area contributed by atoms with E-state index < -0.39 is 53.3 Å². The molecule has 0 bridgehead atoms. The van der Waals surface area contributed by atoms with Crippen LogP contribution in [0.1, 0.15) is 43.4 Å². The van der Waals surface area contributed by atoms with E-state index >= 15 is 0 Å². The van der Waals surface area contributed by atoms with Gasteiger partial charge in [-0.2, -0.15) is 0 Å². The number of amides is 1. The van der Waals surface area contributed by atoms with E-state index in [0.717, 1.165) is 12.1 Å². The summed E-state index contributed by atoms with van der Waals surface area (Å²) < 4.78 is 89.9. The minimum absolute atomic E-state index is 0.0294. The Kier molecular flexibility index (Phi) is 5.21. The molecule has 14 heteroatoms. The first-order valence-corrected chi connectivity index (χ1v) is 11.9. The molecular formula is C25H20F5NO8. The van der Waals surface area contributed by atoms with Gasteiger partial charge in [0.1, 0.15) is 40.8 Å². The van der Waals surface area contributed by atoms with Crippen LogP contribution in [0.2, 0.25) is 0 Å². The SMILES string of the molecule is C[C@]1(C(=O)N[C@H]2C[C@@H](C3(C(=O)O)CC3)Oc3cc(OC(F)(F)F)ccc32)COc2cc3c(cc21)OC(F)(F)O3. The number of halogens is 5. The van der Waals surface area contributed by atoms with E-state index in [1.54, 1.807) is 0 Å². The molecule has 1 saturated carbocycles. The van der Waals surface area contributed by atoms with Crippen molar-refractivity contribution >= 4 is 11.9 Å². The molecule has 0 radical (unpaired) electrons. The lowest BCUT2D eigenvalue weighted by atomic mass is 9.82. The summed E-state index contributed by atoms with van der Waals surface area (Å²) in [4.78, 5) is 25.6. The van der Waals surface area contributed by atoms with Crippen molar-refractivity contribution in [3.63, 3.8) is 0 Å². The summed E-state index contributed by atoms with van der Waals surface area (Å²) in [5, 5.41) is 12.6. The standard InChI is InChI=1S/C25H20F5NO8/c1-22(10-35-16-9-18-17(7-13(16)22)38-25(29,30)39-18)20(32)31-14-8-19(23(4-5-23)21(33)34)36-15-6-11(2-3-12(14)15)37-24(26,27)28/h2-3,6-7,9,14,19H,4-5,8,10H2,1H3,(H,31,32)(H,33,34)/t14-,19-,22-/m0/s1. The molecule has 0 saturated heterocycles. The third-order valence-electron chi connectivity index (χ3n) is 7.56. The monoisotopic (exact) mass is 557 g/mol. The molecule has 208 valence electrons. The number of carbonyl (C=O) groups excluding carboxylic acids is 1. The maximum atomic E-state index is 13.7. The first-order valence-electron chi connectivity index (χ1n) is 11.9. The Morgan fingerprint density at radius 1 is 1.05 bits per heavy atom. The van der Waals surface area contributed by atoms with Crippen LogP contribution in [0, 0.1) is 5.41 Å². The lowest BCUT2D eigenvalue weighted by molar-refractivity contribution is -0.286. The fraction of sp³-hybridized carbons (Fsp3) is 0.440. The smallest absolute Gasteiger partial charge is 0.492 e. The molecule has 0 spiro atoms. The van der Waals surface area contributed by atoms with Crippen molar-refractivity contribution in [1.29, 1.82) is 0 Å². The fourth-order valence-corrected chi connectivity index (χ4v) is 5.26. The van der Waals surface area contributed by atoms with Gasteiger partial charge in [0.2, 0.25) is 5.91 Å². The average molecular weight is 557 g/mol. The van der Waals surface area contributed by atoms with Crippen LogP contribution < -0.4 is 29.0 Å². The van der Waals surface area contributed by atoms with Crippen LogP contribution in [0.25, 0.3) is 0 Å². The fourth-order valence-electron chi connectivity index (χ4n) is 5.26. The summed E-state index contributed by atoms with van der Waals surface area (Å²) in [6.07, 6.45) is -9.13. The highest BCUT2D eigenvalue weighted by Gasteiger charge is 2.59. The van der Waals surface area contributed by atoms with Crippen LogP contribution in [0.3, 0.4) is 0 Å². The maximum Gasteiger partial charge on any atom is 0.586 e. The van der Waals surface area contributed by atoms with E-state index in [9.17, 15) is 36.6 Å². The van der Waals surface area contributed by atoms with Crippen molar-refractivity contribution < 1.29 is 60.3 Å². The van der Waals surface area contributed by atoms with Crippen LogP contribution >= 0.6 is 0 Å². The number of carbonyl (C=O) groups is 2. The summed E-state index contributed by atoms with van der Waals surface area (Å²) in [5.41, 5.74) is -2.02. The number of carboxylic acids is 1. The second-order valence-corrected chi connectivity index (χ2v) is 10.2. The molecule has 6 rings (SSSR count). The van der Waals surface area contributed by atoms with Gasteiger partial charge >= 0.3 is 18.6 Å². The quantitative estimate of drug-likeness (QED) is 0.520. The first-order chi connectivity index (χ1) is 18.2. The predicted octanol–water partition coefficient (Wildman–Crippen LogP) is 4.43. The van der Waals surface area contributed by atoms with Gasteiger partial charge < -0.3 is 34.1 Å². The number of hydrogen-bond acceptors (Lipinski definition) is 7. The van der Waals surface area contributed by atoms with Gasteiger partial charge in [0.05, 0.1) is 6.04 Å². The topological polar surface area (TPSA) is 113 Å². The largest absolute Gasteiger partial charge is 0.586 e. The van der Waals surface area contributed by atoms with Gasteiger partial charge in [-0.25, -0.2) is 0 Å². The van der Waals surface area contributed by atoms with Crippen LogP contribution in [0.4, 0.5) is 22.0 Å². The Hall–Kier alpha value is -3.97. The van der Waals surface area contributed by atoms with E-state index in [-0.39, 0.29) is 41.6 Å². The molecule has 0 aromatic heterocycles. The molecule has 3 aliphatic heterocycles. The van der Waals surface area contributed by atoms with E-state index in [4.69, 9.17) is 9.47 Å². The molecule has 3 atom stereocenters. The van der Waals surface area contributed by atoms with E-state index in [2.05, 4.69) is 19.5 Å². The minimum atomic E-state index is -4.96. The molecule has 39 heavy (non-hydrogen) atoms. The molecule has 2 N–H and O–H groups in total. The molecule has 2 aromatic carbocycles. The minimum Gasteiger partial charge on any atom is -0.492 e. The number of hydrogen-bond donors (Lipinski definition) is 2. The Bertz CT molecular complexity index is 1390. The number of rotatable bonds is 5. The predicted molar refractivity (Wildman–Crippen MR) is 118 cm³/mol. The van der Waals surface area contributed by atoms with Crippen LogP contribution in [0.5, 0.6) is 28.7 Å². The number of aliphatic carboxylic acids is 1. The molecule has 1 fully saturated rings. The van der Waals surface area contributed by atoms with E-state index in [1.165, 1.54) is 25.1 Å². The van der Waals surface area contributed by atoms with Crippen molar-refractivity contribution in [3.05, 3.63) is 41.5 Å². The summed E-state index contributed by atoms with van der Waals surface area (Å²) in [6, 6.07) is 4.97.